The second-order valence-corrected chi connectivity index (χ2v) is 5.51. The molecular weight excluding hydrogens is 260 g/mol. The van der Waals surface area contributed by atoms with E-state index in [0.717, 1.165) is 6.42 Å². The molecule has 0 amide bonds. The number of nitrogen functional groups attached to an aromatic ring is 1. The molecule has 1 heterocycles. The number of sulfonamides is 1. The first kappa shape index (κ1) is 14.9. The van der Waals surface area contributed by atoms with Crippen LogP contribution in [0.2, 0.25) is 0 Å². The molecule has 0 saturated heterocycles. The van der Waals surface area contributed by atoms with Gasteiger partial charge in [0, 0.05) is 12.7 Å². The van der Waals surface area contributed by atoms with Crippen LogP contribution in [0.4, 0.5) is 5.82 Å². The standard InChI is InChI=1S/C9H18N4O4S/c1-2-3-13-4-8(9(10)11-13)18(16,17)12-7(5-14)6-15/h4,7,12,14-15H,2-3,5-6H2,1H3,(H2,10,11). The van der Waals surface area contributed by atoms with Gasteiger partial charge in [-0.15, -0.1) is 0 Å². The maximum atomic E-state index is 11.9. The van der Waals surface area contributed by atoms with Crippen LogP contribution >= 0.6 is 0 Å². The van der Waals surface area contributed by atoms with E-state index in [2.05, 4.69) is 9.82 Å². The number of nitrogens with one attached hydrogen (secondary N) is 1. The minimum absolute atomic E-state index is 0.106. The number of aliphatic hydroxyl groups is 2. The van der Waals surface area contributed by atoms with E-state index in [-0.39, 0.29) is 10.7 Å². The molecule has 9 heteroatoms. The summed E-state index contributed by atoms with van der Waals surface area (Å²) in [7, 11) is -3.89. The van der Waals surface area contributed by atoms with Gasteiger partial charge in [0.05, 0.1) is 19.3 Å². The molecule has 0 bridgehead atoms. The molecule has 0 atom stereocenters. The van der Waals surface area contributed by atoms with Crippen LogP contribution in [-0.2, 0) is 16.6 Å². The van der Waals surface area contributed by atoms with E-state index >= 15 is 0 Å². The number of aryl methyl sites for hydroxylation is 1. The number of nitrogens with zero attached hydrogens (tertiary/aromatic N) is 2. The molecule has 0 aliphatic heterocycles. The van der Waals surface area contributed by atoms with Crippen molar-refractivity contribution in [2.24, 2.45) is 0 Å². The number of anilines is 1. The highest BCUT2D eigenvalue weighted by atomic mass is 32.2. The Morgan fingerprint density at radius 3 is 2.61 bits per heavy atom. The Balaban J connectivity index is 2.97. The van der Waals surface area contributed by atoms with Crippen molar-refractivity contribution in [1.29, 1.82) is 0 Å². The Kier molecular flexibility index (Phi) is 5.08. The maximum absolute atomic E-state index is 11.9. The number of rotatable bonds is 7. The van der Waals surface area contributed by atoms with Crippen LogP contribution < -0.4 is 10.5 Å². The molecule has 5 N–H and O–H groups in total. The average Bonchev–Trinajstić information content (AvgIpc) is 2.68. The third-order valence-corrected chi connectivity index (χ3v) is 3.80. The molecule has 0 radical (unpaired) electrons. The van der Waals surface area contributed by atoms with Crippen LogP contribution in [0.25, 0.3) is 0 Å². The summed E-state index contributed by atoms with van der Waals surface area (Å²) >= 11 is 0. The molecule has 1 aromatic heterocycles. The van der Waals surface area contributed by atoms with Crippen LogP contribution in [0.3, 0.4) is 0 Å². The fourth-order valence-electron chi connectivity index (χ4n) is 1.38. The monoisotopic (exact) mass is 278 g/mol. The number of hydrogen-bond donors (Lipinski definition) is 4. The molecule has 0 saturated carbocycles. The zero-order chi connectivity index (χ0) is 13.8. The summed E-state index contributed by atoms with van der Waals surface area (Å²) in [6.45, 7) is 1.48. The van der Waals surface area contributed by atoms with Crippen molar-refractivity contribution in [1.82, 2.24) is 14.5 Å². The summed E-state index contributed by atoms with van der Waals surface area (Å²) in [6, 6.07) is -0.955. The summed E-state index contributed by atoms with van der Waals surface area (Å²) in [5, 5.41) is 21.6. The van der Waals surface area contributed by atoms with Gasteiger partial charge in [-0.05, 0) is 6.42 Å². The molecule has 18 heavy (non-hydrogen) atoms. The quantitative estimate of drug-likeness (QED) is 0.480. The van der Waals surface area contributed by atoms with E-state index in [1.807, 2.05) is 6.92 Å². The second-order valence-electron chi connectivity index (χ2n) is 3.83. The van der Waals surface area contributed by atoms with Crippen LogP contribution in [0.1, 0.15) is 13.3 Å². The van der Waals surface area contributed by atoms with Crippen molar-refractivity contribution < 1.29 is 18.6 Å². The summed E-state index contributed by atoms with van der Waals surface area (Å²) in [5.74, 6) is -0.106. The highest BCUT2D eigenvalue weighted by Crippen LogP contribution is 2.16. The van der Waals surface area contributed by atoms with E-state index in [1.54, 1.807) is 0 Å². The first-order valence-corrected chi connectivity index (χ1v) is 6.99. The fraction of sp³-hybridized carbons (Fsp3) is 0.667. The van der Waals surface area contributed by atoms with Crippen LogP contribution in [-0.4, -0.2) is 47.7 Å². The fourth-order valence-corrected chi connectivity index (χ4v) is 2.68. The minimum atomic E-state index is -3.89. The van der Waals surface area contributed by atoms with Gasteiger partial charge >= 0.3 is 0 Å². The minimum Gasteiger partial charge on any atom is -0.395 e. The molecule has 0 fully saturated rings. The van der Waals surface area contributed by atoms with E-state index in [1.165, 1.54) is 10.9 Å². The third kappa shape index (κ3) is 3.42. The van der Waals surface area contributed by atoms with Gasteiger partial charge in [-0.3, -0.25) is 4.68 Å². The molecule has 0 spiro atoms. The molecule has 104 valence electrons. The third-order valence-electron chi connectivity index (χ3n) is 2.26. The molecule has 0 aliphatic carbocycles. The largest absolute Gasteiger partial charge is 0.395 e. The van der Waals surface area contributed by atoms with Gasteiger partial charge in [0.25, 0.3) is 0 Å². The SMILES string of the molecule is CCCn1cc(S(=O)(=O)NC(CO)CO)c(N)n1. The smallest absolute Gasteiger partial charge is 0.246 e. The zero-order valence-electron chi connectivity index (χ0n) is 10.1. The second kappa shape index (κ2) is 6.14. The number of aromatic nitrogens is 2. The first-order chi connectivity index (χ1) is 8.44. The number of aliphatic hydroxyl groups excluding tert-OH is 2. The van der Waals surface area contributed by atoms with Crippen LogP contribution in [0.5, 0.6) is 0 Å². The van der Waals surface area contributed by atoms with Crippen molar-refractivity contribution in [2.75, 3.05) is 18.9 Å². The van der Waals surface area contributed by atoms with Crippen LogP contribution in [0, 0.1) is 0 Å². The molecule has 1 aromatic rings. The average molecular weight is 278 g/mol. The normalized spacial score (nSPS) is 12.2. The van der Waals surface area contributed by atoms with Gasteiger partial charge in [-0.2, -0.15) is 5.10 Å². The van der Waals surface area contributed by atoms with Crippen molar-refractivity contribution in [3.63, 3.8) is 0 Å². The van der Waals surface area contributed by atoms with Crippen molar-refractivity contribution >= 4 is 15.8 Å². The molecule has 0 aromatic carbocycles. The Bertz CT molecular complexity index is 481. The van der Waals surface area contributed by atoms with Crippen molar-refractivity contribution in [2.45, 2.75) is 30.8 Å². The Morgan fingerprint density at radius 1 is 1.50 bits per heavy atom. The molecule has 1 rings (SSSR count). The van der Waals surface area contributed by atoms with Gasteiger partial charge in [0.1, 0.15) is 4.90 Å². The van der Waals surface area contributed by atoms with Crippen LogP contribution in [0.15, 0.2) is 11.1 Å². The first-order valence-electron chi connectivity index (χ1n) is 5.51. The van der Waals surface area contributed by atoms with E-state index in [9.17, 15) is 8.42 Å². The topological polar surface area (TPSA) is 130 Å². The highest BCUT2D eigenvalue weighted by Gasteiger charge is 2.24. The summed E-state index contributed by atoms with van der Waals surface area (Å²) < 4.78 is 27.4. The van der Waals surface area contributed by atoms with Gasteiger partial charge < -0.3 is 15.9 Å². The predicted octanol–water partition coefficient (Wildman–Crippen LogP) is -1.49. The molecule has 8 nitrogen and oxygen atoms in total. The maximum Gasteiger partial charge on any atom is 0.246 e. The summed E-state index contributed by atoms with van der Waals surface area (Å²) in [5.41, 5.74) is 5.54. The molecule has 0 unspecified atom stereocenters. The summed E-state index contributed by atoms with van der Waals surface area (Å²) in [6.07, 6.45) is 2.12. The molecular formula is C9H18N4O4S. The lowest BCUT2D eigenvalue weighted by Gasteiger charge is -2.12. The predicted molar refractivity (Wildman–Crippen MR) is 65.2 cm³/mol. The number of hydrogen-bond acceptors (Lipinski definition) is 6. The lowest BCUT2D eigenvalue weighted by molar-refractivity contribution is 0.185. The zero-order valence-corrected chi connectivity index (χ0v) is 10.9. The van der Waals surface area contributed by atoms with E-state index in [0.29, 0.717) is 6.54 Å². The number of nitrogens with two attached hydrogens (primary N) is 1. The van der Waals surface area contributed by atoms with Gasteiger partial charge in [0.2, 0.25) is 10.0 Å². The summed E-state index contributed by atoms with van der Waals surface area (Å²) in [4.78, 5) is -0.150. The Hall–Kier alpha value is -1.16. The van der Waals surface area contributed by atoms with Gasteiger partial charge in [0.15, 0.2) is 5.82 Å². The Labute approximate surface area is 105 Å². The van der Waals surface area contributed by atoms with Crippen molar-refractivity contribution in [3.8, 4) is 0 Å². The lowest BCUT2D eigenvalue weighted by Crippen LogP contribution is -2.40. The Morgan fingerprint density at radius 2 is 2.11 bits per heavy atom. The van der Waals surface area contributed by atoms with Crippen molar-refractivity contribution in [3.05, 3.63) is 6.20 Å². The van der Waals surface area contributed by atoms with E-state index in [4.69, 9.17) is 15.9 Å². The van der Waals surface area contributed by atoms with Gasteiger partial charge in [-0.1, -0.05) is 6.92 Å². The van der Waals surface area contributed by atoms with E-state index < -0.39 is 29.3 Å². The van der Waals surface area contributed by atoms with Gasteiger partial charge in [-0.25, -0.2) is 13.1 Å². The molecule has 0 aliphatic rings. The highest BCUT2D eigenvalue weighted by molar-refractivity contribution is 7.89. The lowest BCUT2D eigenvalue weighted by atomic mass is 10.4.